The Morgan fingerprint density at radius 1 is 1.44 bits per heavy atom. The van der Waals surface area contributed by atoms with Gasteiger partial charge in [-0.2, -0.15) is 0 Å². The molecule has 1 saturated carbocycles. The first-order valence-electron chi connectivity index (χ1n) is 5.30. The molecule has 1 heterocycles. The lowest BCUT2D eigenvalue weighted by Gasteiger charge is -2.28. The van der Waals surface area contributed by atoms with Gasteiger partial charge in [0.1, 0.15) is 0 Å². The van der Waals surface area contributed by atoms with Crippen molar-refractivity contribution in [3.05, 3.63) is 23.1 Å². The van der Waals surface area contributed by atoms with E-state index in [1.165, 1.54) is 12.3 Å². The molecule has 0 spiro atoms. The highest BCUT2D eigenvalue weighted by Gasteiger charge is 2.33. The molecule has 0 bridgehead atoms. The molecule has 1 aliphatic carbocycles. The monoisotopic (exact) mass is 262 g/mol. The van der Waals surface area contributed by atoms with E-state index in [0.717, 1.165) is 25.7 Å². The Morgan fingerprint density at radius 2 is 2.12 bits per heavy atom. The molecular formula is C11H13Cl2FN2. The molecule has 16 heavy (non-hydrogen) atoms. The summed E-state index contributed by atoms with van der Waals surface area (Å²) in [5, 5.41) is 3.42. The molecule has 0 atom stereocenters. The number of anilines is 1. The minimum atomic E-state index is -0.427. The number of alkyl halides is 1. The number of pyridine rings is 1. The number of nitrogens with one attached hydrogen (secondary N) is 1. The van der Waals surface area contributed by atoms with Crippen LogP contribution in [0.25, 0.3) is 0 Å². The van der Waals surface area contributed by atoms with E-state index in [4.69, 9.17) is 23.2 Å². The molecule has 0 aliphatic heterocycles. The van der Waals surface area contributed by atoms with Crippen molar-refractivity contribution < 1.29 is 4.39 Å². The molecule has 1 aromatic rings. The summed E-state index contributed by atoms with van der Waals surface area (Å²) in [5.74, 6) is 0.285. The van der Waals surface area contributed by atoms with Crippen molar-refractivity contribution in [2.24, 2.45) is 0 Å². The quantitative estimate of drug-likeness (QED) is 0.838. The van der Waals surface area contributed by atoms with Crippen molar-refractivity contribution in [2.45, 2.75) is 31.2 Å². The van der Waals surface area contributed by atoms with Crippen LogP contribution in [0.3, 0.4) is 0 Å². The Hall–Kier alpha value is -0.540. The molecule has 0 aromatic carbocycles. The summed E-state index contributed by atoms with van der Waals surface area (Å²) in [5.41, 5.74) is -0.205. The number of aromatic nitrogens is 1. The fourth-order valence-corrected chi connectivity index (χ4v) is 2.58. The highest BCUT2D eigenvalue weighted by molar-refractivity contribution is 6.30. The smallest absolute Gasteiger partial charge is 0.166 e. The molecule has 1 fully saturated rings. The Kier molecular flexibility index (Phi) is 3.55. The third-order valence-corrected chi connectivity index (χ3v) is 3.73. The van der Waals surface area contributed by atoms with Gasteiger partial charge < -0.3 is 5.32 Å². The first-order valence-corrected chi connectivity index (χ1v) is 6.22. The second kappa shape index (κ2) is 4.76. The van der Waals surface area contributed by atoms with Crippen LogP contribution in [0, 0.1) is 5.82 Å². The van der Waals surface area contributed by atoms with Crippen molar-refractivity contribution in [1.29, 1.82) is 0 Å². The second-order valence-electron chi connectivity index (χ2n) is 4.23. The maximum atomic E-state index is 13.6. The van der Waals surface area contributed by atoms with Gasteiger partial charge in [0.2, 0.25) is 0 Å². The van der Waals surface area contributed by atoms with Crippen molar-refractivity contribution in [3.8, 4) is 0 Å². The van der Waals surface area contributed by atoms with E-state index in [2.05, 4.69) is 10.3 Å². The van der Waals surface area contributed by atoms with Gasteiger partial charge in [0.05, 0.1) is 10.6 Å². The summed E-state index contributed by atoms with van der Waals surface area (Å²) in [6.45, 7) is 0. The van der Waals surface area contributed by atoms with Crippen LogP contribution in [0.4, 0.5) is 10.2 Å². The third-order valence-electron chi connectivity index (χ3n) is 3.01. The molecule has 0 unspecified atom stereocenters. The van der Waals surface area contributed by atoms with Gasteiger partial charge in [-0.25, -0.2) is 9.37 Å². The molecule has 88 valence electrons. The zero-order valence-electron chi connectivity index (χ0n) is 8.77. The van der Waals surface area contributed by atoms with Crippen LogP contribution in [-0.4, -0.2) is 16.4 Å². The maximum absolute atomic E-state index is 13.6. The largest absolute Gasteiger partial charge is 0.361 e. The number of nitrogens with zero attached hydrogens (tertiary/aromatic N) is 1. The van der Waals surface area contributed by atoms with Gasteiger partial charge in [0, 0.05) is 12.1 Å². The van der Waals surface area contributed by atoms with Crippen molar-refractivity contribution >= 4 is 29.0 Å². The Labute approximate surface area is 104 Å². The minimum absolute atomic E-state index is 0.205. The summed E-state index contributed by atoms with van der Waals surface area (Å²) in [6, 6.07) is 1.26. The molecule has 1 aromatic heterocycles. The topological polar surface area (TPSA) is 24.9 Å². The third kappa shape index (κ3) is 2.41. The average molecular weight is 263 g/mol. The highest BCUT2D eigenvalue weighted by atomic mass is 35.5. The molecule has 5 heteroatoms. The highest BCUT2D eigenvalue weighted by Crippen LogP contribution is 2.34. The van der Waals surface area contributed by atoms with Crippen molar-refractivity contribution in [2.75, 3.05) is 11.2 Å². The van der Waals surface area contributed by atoms with Gasteiger partial charge in [0.25, 0.3) is 0 Å². The SMILES string of the molecule is Fc1cc(Cl)cnc1NC1(CCl)CCCC1. The fraction of sp³-hybridized carbons (Fsp3) is 0.545. The molecule has 2 nitrogen and oxygen atoms in total. The first-order chi connectivity index (χ1) is 7.65. The molecule has 2 rings (SSSR count). The summed E-state index contributed by atoms with van der Waals surface area (Å²) in [7, 11) is 0. The predicted octanol–water partition coefficient (Wildman–Crippen LogP) is 3.84. The van der Waals surface area contributed by atoms with Crippen molar-refractivity contribution in [3.63, 3.8) is 0 Å². The van der Waals surface area contributed by atoms with Crippen LogP contribution in [0.1, 0.15) is 25.7 Å². The Bertz CT molecular complexity index is 378. The normalized spacial score (nSPS) is 18.7. The predicted molar refractivity (Wildman–Crippen MR) is 64.7 cm³/mol. The van der Waals surface area contributed by atoms with E-state index in [1.54, 1.807) is 0 Å². The van der Waals surface area contributed by atoms with Crippen molar-refractivity contribution in [1.82, 2.24) is 4.98 Å². The zero-order valence-corrected chi connectivity index (χ0v) is 10.3. The maximum Gasteiger partial charge on any atom is 0.166 e. The van der Waals surface area contributed by atoms with Crippen LogP contribution in [-0.2, 0) is 0 Å². The molecule has 0 amide bonds. The average Bonchev–Trinajstić information content (AvgIpc) is 2.72. The lowest BCUT2D eigenvalue weighted by atomic mass is 10.0. The fourth-order valence-electron chi connectivity index (χ4n) is 2.10. The van der Waals surface area contributed by atoms with Gasteiger partial charge in [0.15, 0.2) is 11.6 Å². The van der Waals surface area contributed by atoms with E-state index >= 15 is 0 Å². The van der Waals surface area contributed by atoms with Crippen LogP contribution in [0.5, 0.6) is 0 Å². The van der Waals surface area contributed by atoms with Gasteiger partial charge >= 0.3 is 0 Å². The first kappa shape index (κ1) is 11.9. The summed E-state index contributed by atoms with van der Waals surface area (Å²) < 4.78 is 13.6. The van der Waals surface area contributed by atoms with Crippen LogP contribution < -0.4 is 5.32 Å². The lowest BCUT2D eigenvalue weighted by Crippen LogP contribution is -2.37. The standard InChI is InChI=1S/C11H13Cl2FN2/c12-7-11(3-1-2-4-11)16-10-9(14)5-8(13)6-15-10/h5-6H,1-4,7H2,(H,15,16). The van der Waals surface area contributed by atoms with Crippen LogP contribution in [0.15, 0.2) is 12.3 Å². The van der Waals surface area contributed by atoms with Gasteiger partial charge in [-0.3, -0.25) is 0 Å². The molecule has 1 N–H and O–H groups in total. The Morgan fingerprint density at radius 3 is 2.69 bits per heavy atom. The number of hydrogen-bond donors (Lipinski definition) is 1. The van der Waals surface area contributed by atoms with Crippen LogP contribution in [0.2, 0.25) is 5.02 Å². The van der Waals surface area contributed by atoms with E-state index < -0.39 is 5.82 Å². The summed E-state index contributed by atoms with van der Waals surface area (Å²) in [6.07, 6.45) is 5.59. The minimum Gasteiger partial charge on any atom is -0.361 e. The molecule has 0 radical (unpaired) electrons. The molecular weight excluding hydrogens is 250 g/mol. The lowest BCUT2D eigenvalue weighted by molar-refractivity contribution is 0.527. The second-order valence-corrected chi connectivity index (χ2v) is 4.93. The number of halogens is 3. The molecule has 0 saturated heterocycles. The number of hydrogen-bond acceptors (Lipinski definition) is 2. The van der Waals surface area contributed by atoms with E-state index in [1.807, 2.05) is 0 Å². The number of rotatable bonds is 3. The van der Waals surface area contributed by atoms with E-state index in [-0.39, 0.29) is 11.4 Å². The molecule has 1 aliphatic rings. The summed E-state index contributed by atoms with van der Waals surface area (Å²) in [4.78, 5) is 3.96. The van der Waals surface area contributed by atoms with E-state index in [9.17, 15) is 4.39 Å². The van der Waals surface area contributed by atoms with Gasteiger partial charge in [-0.1, -0.05) is 24.4 Å². The van der Waals surface area contributed by atoms with E-state index in [0.29, 0.717) is 10.9 Å². The van der Waals surface area contributed by atoms with Crippen LogP contribution >= 0.6 is 23.2 Å². The summed E-state index contributed by atoms with van der Waals surface area (Å²) >= 11 is 11.6. The van der Waals surface area contributed by atoms with Gasteiger partial charge in [-0.15, -0.1) is 11.6 Å². The van der Waals surface area contributed by atoms with Gasteiger partial charge in [-0.05, 0) is 18.9 Å². The Balaban J connectivity index is 2.19. The zero-order chi connectivity index (χ0) is 11.6.